The van der Waals surface area contributed by atoms with Gasteiger partial charge in [-0.3, -0.25) is 0 Å². The molecule has 0 spiro atoms. The quantitative estimate of drug-likeness (QED) is 0.568. The zero-order chi connectivity index (χ0) is 13.3. The number of benzene rings is 1. The first kappa shape index (κ1) is 15.4. The molecular formula is C12H17O4PSi. The van der Waals surface area contributed by atoms with Gasteiger partial charge in [0.25, 0.3) is 0 Å². The molecule has 0 aliphatic heterocycles. The molecule has 0 radical (unpaired) electrons. The summed E-state index contributed by atoms with van der Waals surface area (Å²) in [5.74, 6) is 0. The van der Waals surface area contributed by atoms with Crippen LogP contribution in [0.15, 0.2) is 30.3 Å². The first-order valence-electron chi connectivity index (χ1n) is 5.81. The van der Waals surface area contributed by atoms with Crippen molar-refractivity contribution in [3.8, 4) is 5.63 Å². The van der Waals surface area contributed by atoms with Crippen molar-refractivity contribution in [2.45, 2.75) is 13.8 Å². The predicted octanol–water partition coefficient (Wildman–Crippen LogP) is 2.17. The molecule has 0 aromatic heterocycles. The van der Waals surface area contributed by atoms with E-state index in [-0.39, 0.29) is 14.5 Å². The van der Waals surface area contributed by atoms with Crippen LogP contribution in [0.25, 0.3) is 0 Å². The van der Waals surface area contributed by atoms with Crippen LogP contribution in [-0.4, -0.2) is 28.6 Å². The standard InChI is InChI=1S/C12H17O4PSi/c1-3-14-18(15-4-2,16-10-11-17-13)12-8-6-5-7-9-12/h5-9H,3-4,10H2,1-2H3. The Morgan fingerprint density at radius 2 is 1.72 bits per heavy atom. The number of hydrogen-bond donors (Lipinski definition) is 0. The van der Waals surface area contributed by atoms with E-state index in [1.165, 1.54) is 0 Å². The third-order valence-corrected chi connectivity index (χ3v) is 5.35. The van der Waals surface area contributed by atoms with E-state index in [9.17, 15) is 4.57 Å². The summed E-state index contributed by atoms with van der Waals surface area (Å²) < 4.78 is 27.6. The van der Waals surface area contributed by atoms with E-state index < -0.39 is 8.80 Å². The second kappa shape index (κ2) is 8.43. The molecule has 0 aliphatic rings. The Kier molecular flexibility index (Phi) is 7.21. The van der Waals surface area contributed by atoms with Crippen molar-refractivity contribution in [1.29, 1.82) is 0 Å². The maximum absolute atomic E-state index is 10.4. The van der Waals surface area contributed by atoms with Gasteiger partial charge in [-0.15, -0.1) is 0 Å². The van der Waals surface area contributed by atoms with E-state index in [0.717, 1.165) is 5.19 Å². The van der Waals surface area contributed by atoms with E-state index in [0.29, 0.717) is 13.2 Å². The van der Waals surface area contributed by atoms with Gasteiger partial charge in [0.15, 0.2) is 0 Å². The number of hydrogen-bond acceptors (Lipinski definition) is 4. The van der Waals surface area contributed by atoms with Crippen LogP contribution >= 0.6 is 7.92 Å². The van der Waals surface area contributed by atoms with Gasteiger partial charge in [0.2, 0.25) is 0 Å². The van der Waals surface area contributed by atoms with Gasteiger partial charge in [0.05, 0.1) is 0 Å². The van der Waals surface area contributed by atoms with Crippen LogP contribution in [0.2, 0.25) is 0 Å². The van der Waals surface area contributed by atoms with Gasteiger partial charge in [-0.05, 0) is 0 Å². The third kappa shape index (κ3) is 4.21. The minimum atomic E-state index is -2.91. The molecule has 98 valence electrons. The molecule has 0 atom stereocenters. The van der Waals surface area contributed by atoms with Crippen molar-refractivity contribution in [3.05, 3.63) is 30.3 Å². The Bertz CT molecular complexity index is 439. The Morgan fingerprint density at radius 1 is 1.11 bits per heavy atom. The zero-order valence-corrected chi connectivity index (χ0v) is 12.5. The second-order valence-corrected chi connectivity index (χ2v) is 6.38. The summed E-state index contributed by atoms with van der Waals surface area (Å²) >= 11 is 0. The molecule has 0 N–H and O–H groups in total. The Hall–Kier alpha value is -0.673. The Morgan fingerprint density at radius 3 is 2.22 bits per heavy atom. The molecule has 0 fully saturated rings. The first-order chi connectivity index (χ1) is 8.79. The third-order valence-electron chi connectivity index (χ3n) is 2.19. The molecule has 0 heterocycles. The van der Waals surface area contributed by atoms with Gasteiger partial charge < -0.3 is 0 Å². The summed E-state index contributed by atoms with van der Waals surface area (Å²) in [6, 6.07) is 9.60. The van der Waals surface area contributed by atoms with Crippen molar-refractivity contribution >= 4 is 21.9 Å². The molecule has 6 heteroatoms. The van der Waals surface area contributed by atoms with Crippen LogP contribution < -0.4 is 5.19 Å². The van der Waals surface area contributed by atoms with Gasteiger partial charge >= 0.3 is 109 Å². The van der Waals surface area contributed by atoms with E-state index >= 15 is 0 Å². The summed E-state index contributed by atoms with van der Waals surface area (Å²) in [6.45, 7) is 4.90. The van der Waals surface area contributed by atoms with Gasteiger partial charge in [-0.1, -0.05) is 0 Å². The average Bonchev–Trinajstić information content (AvgIpc) is 2.40. The molecule has 18 heavy (non-hydrogen) atoms. The van der Waals surface area contributed by atoms with Crippen LogP contribution in [0.1, 0.15) is 13.8 Å². The van der Waals surface area contributed by atoms with Gasteiger partial charge in [0.1, 0.15) is 0 Å². The van der Waals surface area contributed by atoms with Crippen molar-refractivity contribution < 1.29 is 17.8 Å². The molecule has 0 aliphatic carbocycles. The normalized spacial score (nSPS) is 11.0. The van der Waals surface area contributed by atoms with Crippen molar-refractivity contribution in [3.63, 3.8) is 0 Å². The Labute approximate surface area is 110 Å². The van der Waals surface area contributed by atoms with Gasteiger partial charge in [-0.2, -0.15) is 0 Å². The maximum atomic E-state index is 10.4. The van der Waals surface area contributed by atoms with Crippen LogP contribution in [0, 0.1) is 5.63 Å². The van der Waals surface area contributed by atoms with E-state index in [2.05, 4.69) is 5.63 Å². The number of rotatable bonds is 7. The molecule has 1 rings (SSSR count). The average molecular weight is 284 g/mol. The fourth-order valence-corrected chi connectivity index (χ4v) is 4.16. The zero-order valence-electron chi connectivity index (χ0n) is 10.6. The monoisotopic (exact) mass is 284 g/mol. The van der Waals surface area contributed by atoms with Crippen molar-refractivity contribution in [2.24, 2.45) is 0 Å². The van der Waals surface area contributed by atoms with Crippen molar-refractivity contribution in [2.75, 3.05) is 19.8 Å². The molecule has 4 nitrogen and oxygen atoms in total. The predicted molar refractivity (Wildman–Crippen MR) is 72.5 cm³/mol. The molecule has 0 saturated carbocycles. The Balaban J connectivity index is 3.02. The summed E-state index contributed by atoms with van der Waals surface area (Å²) in [4.78, 5) is 0. The van der Waals surface area contributed by atoms with Crippen LogP contribution in [-0.2, 0) is 17.8 Å². The topological polar surface area (TPSA) is 44.8 Å². The molecule has 0 amide bonds. The molecule has 0 saturated heterocycles. The second-order valence-electron chi connectivity index (χ2n) is 3.33. The molecule has 0 unspecified atom stereocenters. The van der Waals surface area contributed by atoms with Crippen LogP contribution in [0.3, 0.4) is 0 Å². The summed E-state index contributed by atoms with van der Waals surface area (Å²) in [7, 11) is -3.09. The van der Waals surface area contributed by atoms with Crippen molar-refractivity contribution in [1.82, 2.24) is 0 Å². The molecule has 1 aromatic carbocycles. The molecule has 1 aromatic rings. The van der Waals surface area contributed by atoms with Gasteiger partial charge in [0, 0.05) is 0 Å². The fraction of sp³-hybridized carbons (Fsp3) is 0.417. The fourth-order valence-electron chi connectivity index (χ4n) is 1.55. The minimum absolute atomic E-state index is 0.117. The summed E-state index contributed by atoms with van der Waals surface area (Å²) in [5, 5.41) is 0.901. The summed E-state index contributed by atoms with van der Waals surface area (Å²) in [6.07, 6.45) is 0. The van der Waals surface area contributed by atoms with Crippen LogP contribution in [0.4, 0.5) is 0 Å². The van der Waals surface area contributed by atoms with Crippen LogP contribution in [0.5, 0.6) is 0 Å². The SMILES string of the molecule is CCO[Si](OCC)(OCC#P=O)c1ccccc1. The van der Waals surface area contributed by atoms with E-state index in [4.69, 9.17) is 13.3 Å². The van der Waals surface area contributed by atoms with Gasteiger partial charge in [-0.25, -0.2) is 0 Å². The molecule has 0 bridgehead atoms. The van der Waals surface area contributed by atoms with E-state index in [1.807, 2.05) is 44.2 Å². The van der Waals surface area contributed by atoms with E-state index in [1.54, 1.807) is 0 Å². The molecular weight excluding hydrogens is 267 g/mol. The summed E-state index contributed by atoms with van der Waals surface area (Å²) in [5.41, 5.74) is 2.56. The first-order valence-corrected chi connectivity index (χ1v) is 8.35.